The van der Waals surface area contributed by atoms with Gasteiger partial charge in [-0.3, -0.25) is 0 Å². The second kappa shape index (κ2) is 5.38. The third-order valence-corrected chi connectivity index (χ3v) is 4.75. The molecule has 1 aliphatic carbocycles. The molecule has 3 rings (SSSR count). The second-order valence-electron chi connectivity index (χ2n) is 6.64. The number of benzene rings is 2. The second-order valence-corrected chi connectivity index (χ2v) is 7.07. The van der Waals surface area contributed by atoms with Gasteiger partial charge in [0.05, 0.1) is 6.04 Å². The molecule has 0 saturated heterocycles. The van der Waals surface area contributed by atoms with Crippen LogP contribution in [-0.2, 0) is 12.8 Å². The Hall–Kier alpha value is -1.47. The van der Waals surface area contributed by atoms with E-state index >= 15 is 0 Å². The van der Waals surface area contributed by atoms with E-state index in [1.165, 1.54) is 22.4 Å². The van der Waals surface area contributed by atoms with Gasteiger partial charge in [-0.05, 0) is 59.2 Å². The van der Waals surface area contributed by atoms with Crippen LogP contribution in [0, 0.1) is 5.41 Å². The largest absolute Gasteiger partial charge is 0.378 e. The molecule has 110 valence electrons. The third-order valence-electron chi connectivity index (χ3n) is 4.52. The summed E-state index contributed by atoms with van der Waals surface area (Å²) in [5.41, 5.74) is 5.49. The molecule has 2 aromatic rings. The van der Waals surface area contributed by atoms with Gasteiger partial charge in [0, 0.05) is 10.7 Å². The summed E-state index contributed by atoms with van der Waals surface area (Å²) in [7, 11) is 0. The highest BCUT2D eigenvalue weighted by molar-refractivity contribution is 6.30. The Morgan fingerprint density at radius 2 is 1.86 bits per heavy atom. The van der Waals surface area contributed by atoms with Crippen LogP contribution in [0.4, 0.5) is 5.69 Å². The molecule has 0 aromatic heterocycles. The molecular weight excluding hydrogens is 278 g/mol. The van der Waals surface area contributed by atoms with Gasteiger partial charge in [-0.2, -0.15) is 0 Å². The smallest absolute Gasteiger partial charge is 0.0571 e. The Balaban J connectivity index is 1.91. The number of nitrogens with one attached hydrogen (secondary N) is 1. The van der Waals surface area contributed by atoms with Crippen LogP contribution in [0.1, 0.15) is 43.5 Å². The highest BCUT2D eigenvalue weighted by atomic mass is 35.5. The summed E-state index contributed by atoms with van der Waals surface area (Å²) in [6.45, 7) is 6.82. The lowest BCUT2D eigenvalue weighted by Crippen LogP contribution is -2.24. The van der Waals surface area contributed by atoms with Crippen LogP contribution >= 0.6 is 11.6 Å². The van der Waals surface area contributed by atoms with Gasteiger partial charge in [0.25, 0.3) is 0 Å². The fourth-order valence-corrected chi connectivity index (χ4v) is 3.47. The van der Waals surface area contributed by atoms with Crippen molar-refractivity contribution in [3.63, 3.8) is 0 Å². The first kappa shape index (κ1) is 14.5. The SMILES string of the molecule is CCc1ccc(NC2c3cc(Cl)ccc3CC2(C)C)cc1. The van der Waals surface area contributed by atoms with Crippen LogP contribution in [0.15, 0.2) is 42.5 Å². The highest BCUT2D eigenvalue weighted by Gasteiger charge is 2.38. The van der Waals surface area contributed by atoms with E-state index in [0.29, 0.717) is 6.04 Å². The average molecular weight is 300 g/mol. The normalized spacial score (nSPS) is 19.3. The Morgan fingerprint density at radius 3 is 2.52 bits per heavy atom. The molecular formula is C19H22ClN. The molecule has 2 heteroatoms. The standard InChI is InChI=1S/C19H22ClN/c1-4-13-5-9-16(10-6-13)21-18-17-11-15(20)8-7-14(17)12-19(18,2)3/h5-11,18,21H,4,12H2,1-3H3. The number of fused-ring (bicyclic) bond motifs is 1. The van der Waals surface area contributed by atoms with Gasteiger partial charge in [0.2, 0.25) is 0 Å². The zero-order valence-corrected chi connectivity index (χ0v) is 13.7. The molecule has 0 amide bonds. The molecule has 0 saturated carbocycles. The quantitative estimate of drug-likeness (QED) is 0.773. The molecule has 1 atom stereocenters. The van der Waals surface area contributed by atoms with Crippen molar-refractivity contribution in [2.45, 2.75) is 39.7 Å². The number of hydrogen-bond acceptors (Lipinski definition) is 1. The average Bonchev–Trinajstić information content (AvgIpc) is 2.71. The molecule has 0 radical (unpaired) electrons. The molecule has 0 spiro atoms. The van der Waals surface area contributed by atoms with Crippen LogP contribution in [0.25, 0.3) is 0 Å². The summed E-state index contributed by atoms with van der Waals surface area (Å²) < 4.78 is 0. The van der Waals surface area contributed by atoms with Crippen molar-refractivity contribution in [2.75, 3.05) is 5.32 Å². The number of hydrogen-bond donors (Lipinski definition) is 1. The van der Waals surface area contributed by atoms with Gasteiger partial charge in [-0.1, -0.05) is 50.6 Å². The van der Waals surface area contributed by atoms with Gasteiger partial charge in [-0.25, -0.2) is 0 Å². The predicted octanol–water partition coefficient (Wildman–Crippen LogP) is 5.64. The summed E-state index contributed by atoms with van der Waals surface area (Å²) in [5, 5.41) is 4.53. The van der Waals surface area contributed by atoms with E-state index in [-0.39, 0.29) is 5.41 Å². The van der Waals surface area contributed by atoms with Gasteiger partial charge < -0.3 is 5.32 Å². The number of aryl methyl sites for hydroxylation is 1. The minimum absolute atomic E-state index is 0.191. The maximum absolute atomic E-state index is 6.20. The van der Waals surface area contributed by atoms with Gasteiger partial charge in [0.1, 0.15) is 0 Å². The summed E-state index contributed by atoms with van der Waals surface area (Å²) in [6, 6.07) is 15.3. The molecule has 2 aromatic carbocycles. The number of anilines is 1. The van der Waals surface area contributed by atoms with Crippen molar-refractivity contribution in [2.24, 2.45) is 5.41 Å². The minimum atomic E-state index is 0.191. The molecule has 1 unspecified atom stereocenters. The fourth-order valence-electron chi connectivity index (χ4n) is 3.29. The fraction of sp³-hybridized carbons (Fsp3) is 0.368. The first-order chi connectivity index (χ1) is 9.99. The van der Waals surface area contributed by atoms with Crippen LogP contribution in [0.5, 0.6) is 0 Å². The molecule has 0 aliphatic heterocycles. The first-order valence-corrected chi connectivity index (χ1v) is 8.01. The van der Waals surface area contributed by atoms with Gasteiger partial charge >= 0.3 is 0 Å². The van der Waals surface area contributed by atoms with Gasteiger partial charge in [0.15, 0.2) is 0 Å². The highest BCUT2D eigenvalue weighted by Crippen LogP contribution is 2.47. The molecule has 0 fully saturated rings. The topological polar surface area (TPSA) is 12.0 Å². The van der Waals surface area contributed by atoms with Crippen molar-refractivity contribution in [1.82, 2.24) is 0 Å². The van der Waals surface area contributed by atoms with E-state index in [1.54, 1.807) is 0 Å². The van der Waals surface area contributed by atoms with Crippen molar-refractivity contribution in [1.29, 1.82) is 0 Å². The summed E-state index contributed by atoms with van der Waals surface area (Å²) in [5.74, 6) is 0. The lowest BCUT2D eigenvalue weighted by Gasteiger charge is -2.29. The van der Waals surface area contributed by atoms with Crippen molar-refractivity contribution in [3.8, 4) is 0 Å². The summed E-state index contributed by atoms with van der Waals surface area (Å²) in [6.07, 6.45) is 2.16. The van der Waals surface area contributed by atoms with E-state index in [4.69, 9.17) is 11.6 Å². The monoisotopic (exact) mass is 299 g/mol. The van der Waals surface area contributed by atoms with Crippen LogP contribution in [-0.4, -0.2) is 0 Å². The van der Waals surface area contributed by atoms with Crippen molar-refractivity contribution >= 4 is 17.3 Å². The zero-order valence-electron chi connectivity index (χ0n) is 12.9. The molecule has 1 aliphatic rings. The Labute approximate surface area is 132 Å². The maximum atomic E-state index is 6.20. The van der Waals surface area contributed by atoms with E-state index in [0.717, 1.165) is 17.9 Å². The van der Waals surface area contributed by atoms with E-state index in [9.17, 15) is 0 Å². The Bertz CT molecular complexity index is 643. The third kappa shape index (κ3) is 2.80. The van der Waals surface area contributed by atoms with Crippen molar-refractivity contribution in [3.05, 3.63) is 64.2 Å². The lowest BCUT2D eigenvalue weighted by molar-refractivity contribution is 0.337. The van der Waals surface area contributed by atoms with Crippen LogP contribution in [0.3, 0.4) is 0 Å². The molecule has 21 heavy (non-hydrogen) atoms. The van der Waals surface area contributed by atoms with E-state index in [2.05, 4.69) is 62.5 Å². The molecule has 1 nitrogen and oxygen atoms in total. The molecule has 1 N–H and O–H groups in total. The minimum Gasteiger partial charge on any atom is -0.378 e. The van der Waals surface area contributed by atoms with Crippen LogP contribution in [0.2, 0.25) is 5.02 Å². The molecule has 0 heterocycles. The number of rotatable bonds is 3. The Kier molecular flexibility index (Phi) is 3.71. The Morgan fingerprint density at radius 1 is 1.14 bits per heavy atom. The summed E-state index contributed by atoms with van der Waals surface area (Å²) >= 11 is 6.20. The van der Waals surface area contributed by atoms with E-state index < -0.39 is 0 Å². The summed E-state index contributed by atoms with van der Waals surface area (Å²) in [4.78, 5) is 0. The zero-order chi connectivity index (χ0) is 15.0. The predicted molar refractivity (Wildman–Crippen MR) is 91.1 cm³/mol. The van der Waals surface area contributed by atoms with Crippen LogP contribution < -0.4 is 5.32 Å². The lowest BCUT2D eigenvalue weighted by atomic mass is 9.85. The van der Waals surface area contributed by atoms with Gasteiger partial charge in [-0.15, -0.1) is 0 Å². The maximum Gasteiger partial charge on any atom is 0.0571 e. The first-order valence-electron chi connectivity index (χ1n) is 7.63. The molecule has 0 bridgehead atoms. The number of halogens is 1. The van der Waals surface area contributed by atoms with E-state index in [1.807, 2.05) is 6.07 Å². The van der Waals surface area contributed by atoms with Crippen molar-refractivity contribution < 1.29 is 0 Å².